The molecular weight excluding hydrogens is 667 g/mol. The van der Waals surface area contributed by atoms with E-state index in [0.717, 1.165) is 21.2 Å². The van der Waals surface area contributed by atoms with E-state index < -0.39 is 11.6 Å². The highest BCUT2D eigenvalue weighted by Gasteiger charge is 2.53. The van der Waals surface area contributed by atoms with Gasteiger partial charge in [-0.25, -0.2) is 4.99 Å². The van der Waals surface area contributed by atoms with Gasteiger partial charge in [-0.2, -0.15) is 0 Å². The fraction of sp³-hybridized carbons (Fsp3) is 0.235. The van der Waals surface area contributed by atoms with Gasteiger partial charge in [0, 0.05) is 46.1 Å². The molecule has 1 aliphatic heterocycles. The van der Waals surface area contributed by atoms with Crippen molar-refractivity contribution in [2.45, 2.75) is 31.0 Å². The minimum absolute atomic E-state index is 0.0558. The van der Waals surface area contributed by atoms with Crippen LogP contribution in [-0.2, 0) is 22.5 Å². The maximum atomic E-state index is 14.5. The average Bonchev–Trinajstić information content (AvgIpc) is 3.42. The molecule has 1 heterocycles. The van der Waals surface area contributed by atoms with E-state index in [2.05, 4.69) is 21.2 Å². The Balaban J connectivity index is 1.58. The third-order valence-corrected chi connectivity index (χ3v) is 8.66. The fourth-order valence-electron chi connectivity index (χ4n) is 5.01. The van der Waals surface area contributed by atoms with Crippen molar-refractivity contribution in [1.82, 2.24) is 5.32 Å². The van der Waals surface area contributed by atoms with Crippen molar-refractivity contribution >= 4 is 50.9 Å². The summed E-state index contributed by atoms with van der Waals surface area (Å²) in [5, 5.41) is 13.1. The summed E-state index contributed by atoms with van der Waals surface area (Å²) in [6.45, 7) is 0.625. The second-order valence-electron chi connectivity index (χ2n) is 10.3. The highest BCUT2D eigenvalue weighted by Crippen LogP contribution is 2.44. The molecular formula is C34H31BrCl2N2O5. The molecule has 0 saturated carbocycles. The van der Waals surface area contributed by atoms with E-state index in [1.54, 1.807) is 25.3 Å². The normalized spacial score (nSPS) is 17.5. The molecule has 7 nitrogen and oxygen atoms in total. The van der Waals surface area contributed by atoms with Gasteiger partial charge in [0.1, 0.15) is 11.5 Å². The predicted octanol–water partition coefficient (Wildman–Crippen LogP) is 7.34. The maximum Gasteiger partial charge on any atom is 0.252 e. The van der Waals surface area contributed by atoms with E-state index in [1.165, 1.54) is 0 Å². The van der Waals surface area contributed by atoms with Gasteiger partial charge in [0.2, 0.25) is 5.90 Å². The number of nitrogens with one attached hydrogen (secondary N) is 1. The number of nitrogens with zero attached hydrogens (tertiary/aromatic N) is 1. The Hall–Kier alpha value is -3.56. The SMILES string of the molecule is COc1cccc([C@H]2OC(c3ccc(OCCCO)cc3)=N[C@@]2(Cc2ccccc2Br)C(=O)NCc2ccc(Cl)cc2Cl)c1. The number of amides is 1. The molecule has 0 aromatic heterocycles. The molecule has 0 unspecified atom stereocenters. The molecule has 0 fully saturated rings. The smallest absolute Gasteiger partial charge is 0.252 e. The first-order valence-corrected chi connectivity index (χ1v) is 15.6. The number of aliphatic hydroxyl groups excluding tert-OH is 1. The van der Waals surface area contributed by atoms with Gasteiger partial charge in [0.05, 0.1) is 13.7 Å². The van der Waals surface area contributed by atoms with Crippen molar-refractivity contribution in [1.29, 1.82) is 0 Å². The number of methoxy groups -OCH3 is 1. The second-order valence-corrected chi connectivity index (χ2v) is 12.0. The maximum absolute atomic E-state index is 14.5. The van der Waals surface area contributed by atoms with Gasteiger partial charge in [-0.15, -0.1) is 0 Å². The quantitative estimate of drug-likeness (QED) is 0.151. The molecule has 4 aromatic rings. The third-order valence-electron chi connectivity index (χ3n) is 7.30. The summed E-state index contributed by atoms with van der Waals surface area (Å²) in [6, 6.07) is 27.7. The van der Waals surface area contributed by atoms with Crippen molar-refractivity contribution in [3.05, 3.63) is 128 Å². The van der Waals surface area contributed by atoms with Crippen LogP contribution in [0.1, 0.15) is 34.8 Å². The van der Waals surface area contributed by atoms with Crippen molar-refractivity contribution < 1.29 is 24.1 Å². The van der Waals surface area contributed by atoms with E-state index >= 15 is 0 Å². The third kappa shape index (κ3) is 7.21. The lowest BCUT2D eigenvalue weighted by Crippen LogP contribution is -2.49. The number of carbonyl (C=O) groups is 1. The molecule has 1 amide bonds. The second kappa shape index (κ2) is 14.5. The summed E-state index contributed by atoms with van der Waals surface area (Å²) in [5.41, 5.74) is 1.63. The molecule has 10 heteroatoms. The minimum Gasteiger partial charge on any atom is -0.497 e. The number of carbonyl (C=O) groups excluding carboxylic acids is 1. The van der Waals surface area contributed by atoms with Crippen molar-refractivity contribution in [2.24, 2.45) is 4.99 Å². The lowest BCUT2D eigenvalue weighted by molar-refractivity contribution is -0.129. The number of rotatable bonds is 12. The van der Waals surface area contributed by atoms with Gasteiger partial charge in [-0.3, -0.25) is 4.79 Å². The van der Waals surface area contributed by atoms with Crippen LogP contribution in [0.15, 0.2) is 100 Å². The fourth-order valence-corrected chi connectivity index (χ4v) is 5.91. The van der Waals surface area contributed by atoms with Crippen LogP contribution in [0.5, 0.6) is 11.5 Å². The summed E-state index contributed by atoms with van der Waals surface area (Å²) in [7, 11) is 1.59. The Bertz CT molecular complexity index is 1650. The van der Waals surface area contributed by atoms with E-state index in [0.29, 0.717) is 46.0 Å². The van der Waals surface area contributed by atoms with Crippen LogP contribution in [0.3, 0.4) is 0 Å². The molecule has 2 N–H and O–H groups in total. The van der Waals surface area contributed by atoms with Crippen LogP contribution in [0.4, 0.5) is 0 Å². The van der Waals surface area contributed by atoms with Crippen LogP contribution in [0.2, 0.25) is 10.0 Å². The number of benzene rings is 4. The van der Waals surface area contributed by atoms with Crippen LogP contribution in [0, 0.1) is 0 Å². The van der Waals surface area contributed by atoms with Gasteiger partial charge in [-0.1, -0.05) is 75.5 Å². The lowest BCUT2D eigenvalue weighted by atomic mass is 9.82. The molecule has 228 valence electrons. The zero-order chi connectivity index (χ0) is 31.1. The predicted molar refractivity (Wildman–Crippen MR) is 176 cm³/mol. The Morgan fingerprint density at radius 1 is 1.00 bits per heavy atom. The summed E-state index contributed by atoms with van der Waals surface area (Å²) < 4.78 is 18.7. The van der Waals surface area contributed by atoms with Crippen LogP contribution in [-0.4, -0.2) is 42.8 Å². The Labute approximate surface area is 274 Å². The average molecular weight is 698 g/mol. The molecule has 44 heavy (non-hydrogen) atoms. The number of hydrogen-bond acceptors (Lipinski definition) is 6. The highest BCUT2D eigenvalue weighted by molar-refractivity contribution is 9.10. The first-order valence-electron chi connectivity index (χ1n) is 14.0. The van der Waals surface area contributed by atoms with Gasteiger partial charge in [-0.05, 0) is 71.3 Å². The molecule has 0 saturated heterocycles. The van der Waals surface area contributed by atoms with Gasteiger partial charge >= 0.3 is 0 Å². The van der Waals surface area contributed by atoms with Crippen molar-refractivity contribution in [3.8, 4) is 11.5 Å². The molecule has 1 aliphatic rings. The van der Waals surface area contributed by atoms with Gasteiger partial charge in [0.15, 0.2) is 11.6 Å². The molecule has 2 atom stereocenters. The molecule has 0 aliphatic carbocycles. The van der Waals surface area contributed by atoms with Crippen molar-refractivity contribution in [3.63, 3.8) is 0 Å². The topological polar surface area (TPSA) is 89.4 Å². The number of aliphatic hydroxyl groups is 1. The number of halogens is 3. The zero-order valence-corrected chi connectivity index (χ0v) is 27.0. The van der Waals surface area contributed by atoms with Crippen LogP contribution >= 0.6 is 39.1 Å². The van der Waals surface area contributed by atoms with E-state index in [-0.39, 0.29) is 25.5 Å². The Morgan fingerprint density at radius 2 is 1.80 bits per heavy atom. The molecule has 4 aromatic carbocycles. The first-order chi connectivity index (χ1) is 21.3. The lowest BCUT2D eigenvalue weighted by Gasteiger charge is -2.31. The number of aliphatic imine (C=N–C) groups is 1. The first kappa shape index (κ1) is 31.9. The molecule has 5 rings (SSSR count). The summed E-state index contributed by atoms with van der Waals surface area (Å²) in [6.07, 6.45) is -0.0170. The van der Waals surface area contributed by atoms with Crippen LogP contribution in [0.25, 0.3) is 0 Å². The Morgan fingerprint density at radius 3 is 2.52 bits per heavy atom. The molecule has 0 bridgehead atoms. The number of hydrogen-bond donors (Lipinski definition) is 2. The Kier molecular flexibility index (Phi) is 10.5. The number of ether oxygens (including phenoxy) is 3. The molecule has 0 radical (unpaired) electrons. The van der Waals surface area contributed by atoms with Gasteiger partial charge in [0.25, 0.3) is 5.91 Å². The van der Waals surface area contributed by atoms with E-state index in [1.807, 2.05) is 72.8 Å². The van der Waals surface area contributed by atoms with E-state index in [4.69, 9.17) is 47.5 Å². The van der Waals surface area contributed by atoms with E-state index in [9.17, 15) is 4.79 Å². The monoisotopic (exact) mass is 696 g/mol. The largest absolute Gasteiger partial charge is 0.497 e. The summed E-state index contributed by atoms with van der Waals surface area (Å²) in [4.78, 5) is 19.6. The highest BCUT2D eigenvalue weighted by atomic mass is 79.9. The van der Waals surface area contributed by atoms with Crippen molar-refractivity contribution in [2.75, 3.05) is 20.3 Å². The van der Waals surface area contributed by atoms with Gasteiger partial charge < -0.3 is 24.6 Å². The standard InChI is InChI=1S/C34H31BrCl2N2O5/c1-42-28-8-4-7-23(18-28)31-34(20-24-6-2-3-9-29(24)35,33(41)38-21-25-10-13-26(36)19-30(25)37)39-32(44-31)22-11-14-27(15-12-22)43-17-5-16-40/h2-4,6-15,18-19,31,40H,5,16-17,20-21H2,1H3,(H,38,41)/t31-,34-/m1/s1. The zero-order valence-electron chi connectivity index (χ0n) is 23.9. The summed E-state index contributed by atoms with van der Waals surface area (Å²) >= 11 is 16.2. The minimum atomic E-state index is -1.40. The van der Waals surface area contributed by atoms with Crippen LogP contribution < -0.4 is 14.8 Å². The summed E-state index contributed by atoms with van der Waals surface area (Å²) in [5.74, 6) is 1.28. The molecule has 0 spiro atoms.